The average Bonchev–Trinajstić information content (AvgIpc) is 2.38. The summed E-state index contributed by atoms with van der Waals surface area (Å²) < 4.78 is 14.3. The van der Waals surface area contributed by atoms with Gasteiger partial charge in [-0.15, -0.1) is 0 Å². The number of carbonyl (C=O) groups is 1. The van der Waals surface area contributed by atoms with Crippen LogP contribution in [0.15, 0.2) is 22.7 Å². The Hall–Kier alpha value is -0.940. The van der Waals surface area contributed by atoms with E-state index in [9.17, 15) is 9.18 Å². The molecule has 0 atom stereocenters. The number of carbonyl (C=O) groups excluding carboxylic acids is 1. The van der Waals surface area contributed by atoms with Gasteiger partial charge >= 0.3 is 0 Å². The number of piperidine rings is 1. The molecular weight excluding hydrogens is 311 g/mol. The molecule has 5 heteroatoms. The predicted molar refractivity (Wildman–Crippen MR) is 76.7 cm³/mol. The van der Waals surface area contributed by atoms with Crippen molar-refractivity contribution in [3.63, 3.8) is 0 Å². The summed E-state index contributed by atoms with van der Waals surface area (Å²) in [4.78, 5) is 16.3. The quantitative estimate of drug-likeness (QED) is 0.833. The lowest BCUT2D eigenvalue weighted by Gasteiger charge is -2.35. The average molecular weight is 329 g/mol. The van der Waals surface area contributed by atoms with Crippen LogP contribution in [0, 0.1) is 5.82 Å². The normalized spacial score (nSPS) is 17.0. The Balaban J connectivity index is 2.10. The Labute approximate surface area is 121 Å². The van der Waals surface area contributed by atoms with E-state index in [1.54, 1.807) is 17.0 Å². The van der Waals surface area contributed by atoms with Crippen molar-refractivity contribution in [2.24, 2.45) is 0 Å². The van der Waals surface area contributed by atoms with Crippen LogP contribution in [0.1, 0.15) is 23.2 Å². The molecule has 1 aliphatic rings. The van der Waals surface area contributed by atoms with E-state index < -0.39 is 5.82 Å². The van der Waals surface area contributed by atoms with E-state index in [4.69, 9.17) is 0 Å². The van der Waals surface area contributed by atoms with Crippen LogP contribution < -0.4 is 0 Å². The lowest BCUT2D eigenvalue weighted by atomic mass is 10.0. The lowest BCUT2D eigenvalue weighted by molar-refractivity contribution is 0.0657. The van der Waals surface area contributed by atoms with Crippen LogP contribution in [-0.4, -0.2) is 48.9 Å². The molecule has 1 fully saturated rings. The summed E-state index contributed by atoms with van der Waals surface area (Å²) in [6, 6.07) is 5.12. The van der Waals surface area contributed by atoms with E-state index in [1.165, 1.54) is 6.07 Å². The van der Waals surface area contributed by atoms with Crippen molar-refractivity contribution < 1.29 is 9.18 Å². The molecule has 0 saturated carbocycles. The zero-order valence-corrected chi connectivity index (χ0v) is 12.8. The predicted octanol–water partition coefficient (Wildman–Crippen LogP) is 2.75. The molecule has 0 aromatic heterocycles. The maximum absolute atomic E-state index is 13.8. The number of likely N-dealkylation sites (tertiary alicyclic amines) is 1. The zero-order valence-electron chi connectivity index (χ0n) is 11.2. The van der Waals surface area contributed by atoms with Crippen LogP contribution in [-0.2, 0) is 0 Å². The van der Waals surface area contributed by atoms with Gasteiger partial charge in [-0.05, 0) is 55.0 Å². The highest BCUT2D eigenvalue weighted by Gasteiger charge is 2.27. The van der Waals surface area contributed by atoms with E-state index in [1.807, 2.05) is 0 Å². The molecular formula is C14H18BrFN2O. The van der Waals surface area contributed by atoms with Crippen LogP contribution in [0.25, 0.3) is 0 Å². The second kappa shape index (κ2) is 6.01. The summed E-state index contributed by atoms with van der Waals surface area (Å²) in [5, 5.41) is 0. The van der Waals surface area contributed by atoms with Crippen LogP contribution >= 0.6 is 15.9 Å². The molecule has 19 heavy (non-hydrogen) atoms. The standard InChI is InChI=1S/C14H18BrFN2O/c1-17(2)10-6-8-18(9-7-10)14(19)13-11(15)4-3-5-12(13)16/h3-5,10H,6-9H2,1-2H3. The fourth-order valence-corrected chi connectivity index (χ4v) is 2.96. The molecule has 0 aliphatic carbocycles. The van der Waals surface area contributed by atoms with E-state index in [0.717, 1.165) is 12.8 Å². The summed E-state index contributed by atoms with van der Waals surface area (Å²) in [5.41, 5.74) is 0.144. The molecule has 1 amide bonds. The lowest BCUT2D eigenvalue weighted by Crippen LogP contribution is -2.44. The molecule has 2 rings (SSSR count). The molecule has 0 unspecified atom stereocenters. The van der Waals surface area contributed by atoms with Gasteiger partial charge in [-0.3, -0.25) is 4.79 Å². The van der Waals surface area contributed by atoms with E-state index in [2.05, 4.69) is 34.9 Å². The number of hydrogen-bond acceptors (Lipinski definition) is 2. The van der Waals surface area contributed by atoms with Gasteiger partial charge < -0.3 is 9.80 Å². The summed E-state index contributed by atoms with van der Waals surface area (Å²) in [6.45, 7) is 1.37. The molecule has 1 aliphatic heterocycles. The fraction of sp³-hybridized carbons (Fsp3) is 0.500. The summed E-state index contributed by atoms with van der Waals surface area (Å²) in [6.07, 6.45) is 1.87. The van der Waals surface area contributed by atoms with Crippen LogP contribution in [0.2, 0.25) is 0 Å². The largest absolute Gasteiger partial charge is 0.338 e. The third kappa shape index (κ3) is 3.15. The van der Waals surface area contributed by atoms with Gasteiger partial charge in [-0.25, -0.2) is 4.39 Å². The van der Waals surface area contributed by atoms with Crippen molar-refractivity contribution in [2.75, 3.05) is 27.2 Å². The number of amides is 1. The first-order valence-corrected chi connectivity index (χ1v) is 7.19. The molecule has 1 saturated heterocycles. The number of hydrogen-bond donors (Lipinski definition) is 0. The fourth-order valence-electron chi connectivity index (χ4n) is 2.45. The maximum Gasteiger partial charge on any atom is 0.257 e. The molecule has 1 aromatic rings. The Morgan fingerprint density at radius 1 is 1.37 bits per heavy atom. The number of rotatable bonds is 2. The molecule has 1 aromatic carbocycles. The second-order valence-corrected chi connectivity index (χ2v) is 5.94. The third-order valence-corrected chi connectivity index (χ3v) is 4.32. The topological polar surface area (TPSA) is 23.6 Å². The van der Waals surface area contributed by atoms with Crippen molar-refractivity contribution in [3.05, 3.63) is 34.1 Å². The van der Waals surface area contributed by atoms with E-state index in [0.29, 0.717) is 23.6 Å². The maximum atomic E-state index is 13.8. The summed E-state index contributed by atoms with van der Waals surface area (Å²) in [7, 11) is 4.10. The SMILES string of the molecule is CN(C)C1CCN(C(=O)c2c(F)cccc2Br)CC1. The molecule has 0 bridgehead atoms. The van der Waals surface area contributed by atoms with E-state index in [-0.39, 0.29) is 11.5 Å². The Bertz CT molecular complexity index is 450. The number of benzene rings is 1. The Kier molecular flexibility index (Phi) is 4.58. The minimum absolute atomic E-state index is 0.144. The van der Waals surface area contributed by atoms with Crippen molar-refractivity contribution >= 4 is 21.8 Å². The summed E-state index contributed by atoms with van der Waals surface area (Å²) >= 11 is 3.25. The van der Waals surface area contributed by atoms with Gasteiger partial charge in [0.1, 0.15) is 5.82 Å². The minimum atomic E-state index is -0.464. The van der Waals surface area contributed by atoms with Gasteiger partial charge in [0, 0.05) is 23.6 Å². The third-order valence-electron chi connectivity index (χ3n) is 3.66. The van der Waals surface area contributed by atoms with Crippen molar-refractivity contribution in [2.45, 2.75) is 18.9 Å². The number of halogens is 2. The van der Waals surface area contributed by atoms with Crippen LogP contribution in [0.4, 0.5) is 4.39 Å². The summed E-state index contributed by atoms with van der Waals surface area (Å²) in [5.74, 6) is -0.684. The number of nitrogens with zero attached hydrogens (tertiary/aromatic N) is 2. The van der Waals surface area contributed by atoms with Gasteiger partial charge in [0.15, 0.2) is 0 Å². The Morgan fingerprint density at radius 2 is 2.00 bits per heavy atom. The molecule has 104 valence electrons. The van der Waals surface area contributed by atoms with Gasteiger partial charge in [0.05, 0.1) is 5.56 Å². The second-order valence-electron chi connectivity index (χ2n) is 5.08. The Morgan fingerprint density at radius 3 is 2.53 bits per heavy atom. The monoisotopic (exact) mass is 328 g/mol. The van der Waals surface area contributed by atoms with Crippen molar-refractivity contribution in [3.8, 4) is 0 Å². The first kappa shape index (κ1) is 14.5. The van der Waals surface area contributed by atoms with Crippen LogP contribution in [0.3, 0.4) is 0 Å². The molecule has 0 spiro atoms. The molecule has 3 nitrogen and oxygen atoms in total. The van der Waals surface area contributed by atoms with Gasteiger partial charge in [0.2, 0.25) is 0 Å². The molecule has 0 radical (unpaired) electrons. The highest BCUT2D eigenvalue weighted by molar-refractivity contribution is 9.10. The van der Waals surface area contributed by atoms with Crippen molar-refractivity contribution in [1.29, 1.82) is 0 Å². The van der Waals surface area contributed by atoms with E-state index >= 15 is 0 Å². The van der Waals surface area contributed by atoms with Gasteiger partial charge in [0.25, 0.3) is 5.91 Å². The highest BCUT2D eigenvalue weighted by Crippen LogP contribution is 2.23. The minimum Gasteiger partial charge on any atom is -0.338 e. The molecule has 0 N–H and O–H groups in total. The molecule has 1 heterocycles. The smallest absolute Gasteiger partial charge is 0.257 e. The van der Waals surface area contributed by atoms with Crippen LogP contribution in [0.5, 0.6) is 0 Å². The van der Waals surface area contributed by atoms with Crippen molar-refractivity contribution in [1.82, 2.24) is 9.80 Å². The first-order chi connectivity index (χ1) is 9.00. The zero-order chi connectivity index (χ0) is 14.0. The van der Waals surface area contributed by atoms with Gasteiger partial charge in [-0.1, -0.05) is 6.07 Å². The van der Waals surface area contributed by atoms with Gasteiger partial charge in [-0.2, -0.15) is 0 Å². The highest BCUT2D eigenvalue weighted by atomic mass is 79.9. The first-order valence-electron chi connectivity index (χ1n) is 6.40.